The average Bonchev–Trinajstić information content (AvgIpc) is 3.60. The topological polar surface area (TPSA) is 0 Å². The Morgan fingerprint density at radius 3 is 1.59 bits per heavy atom. The van der Waals surface area contributed by atoms with Gasteiger partial charge in [0, 0.05) is 0 Å². The third-order valence-electron chi connectivity index (χ3n) is 7.34. The molecule has 2 aliphatic rings. The van der Waals surface area contributed by atoms with Crippen molar-refractivity contribution in [3.63, 3.8) is 0 Å². The summed E-state index contributed by atoms with van der Waals surface area (Å²) in [5.74, 6) is 0. The second-order valence-corrected chi connectivity index (χ2v) is 30.5. The SMILES string of the molecule is CCc1cccc(C2=[C]([Hf+2]([C]3=C(c4cccc(CC)c4)C=CC3)=[Si](C)c3ccccc3)CC=C2)c1.[Cl-].[Cl-]. The molecule has 0 spiro atoms. The van der Waals surface area contributed by atoms with Crippen LogP contribution in [0.5, 0.6) is 0 Å². The first-order valence-electron chi connectivity index (χ1n) is 12.9. The Morgan fingerprint density at radius 2 is 1.14 bits per heavy atom. The van der Waals surface area contributed by atoms with Crippen molar-refractivity contribution in [1.82, 2.24) is 0 Å². The van der Waals surface area contributed by atoms with Gasteiger partial charge in [0.1, 0.15) is 0 Å². The number of hydrogen-bond acceptors (Lipinski definition) is 0. The smallest absolute Gasteiger partial charge is 1.00 e. The summed E-state index contributed by atoms with van der Waals surface area (Å²) in [6, 6.07) is 30.0. The molecule has 0 heterocycles. The number of allylic oxidation sites excluding steroid dienone is 8. The molecular weight excluding hydrogens is 674 g/mol. The zero-order valence-corrected chi connectivity index (χ0v) is 28.0. The van der Waals surface area contributed by atoms with Crippen LogP contribution >= 0.6 is 0 Å². The second kappa shape index (κ2) is 13.9. The van der Waals surface area contributed by atoms with Crippen LogP contribution in [0, 0.1) is 0 Å². The maximum atomic E-state index is 2.62. The van der Waals surface area contributed by atoms with Gasteiger partial charge in [0.2, 0.25) is 0 Å². The molecule has 5 rings (SSSR count). The Bertz CT molecular complexity index is 1330. The predicted octanol–water partition coefficient (Wildman–Crippen LogP) is 2.01. The summed E-state index contributed by atoms with van der Waals surface area (Å²) in [6.07, 6.45) is 14.2. The second-order valence-electron chi connectivity index (χ2n) is 9.47. The number of rotatable bonds is 7. The van der Waals surface area contributed by atoms with E-state index in [2.05, 4.69) is 124 Å². The number of hydrogen-bond donors (Lipinski definition) is 0. The van der Waals surface area contributed by atoms with Gasteiger partial charge in [-0.15, -0.1) is 0 Å². The normalized spacial score (nSPS) is 13.8. The van der Waals surface area contributed by atoms with Gasteiger partial charge in [0.25, 0.3) is 0 Å². The Kier molecular flexibility index (Phi) is 11.2. The Morgan fingerprint density at radius 1 is 0.649 bits per heavy atom. The molecule has 0 aromatic heterocycles. The van der Waals surface area contributed by atoms with E-state index >= 15 is 0 Å². The first kappa shape index (κ1) is 29.8. The van der Waals surface area contributed by atoms with Gasteiger partial charge in [-0.25, -0.2) is 0 Å². The quantitative estimate of drug-likeness (QED) is 0.330. The molecule has 3 aromatic rings. The Hall–Kier alpha value is -1.71. The average molecular weight is 708 g/mol. The van der Waals surface area contributed by atoms with Crippen molar-refractivity contribution in [3.05, 3.63) is 132 Å². The van der Waals surface area contributed by atoms with Crippen LogP contribution in [0.15, 0.2) is 110 Å². The maximum Gasteiger partial charge on any atom is -1.00 e. The third-order valence-corrected chi connectivity index (χ3v) is 33.2. The van der Waals surface area contributed by atoms with Crippen LogP contribution < -0.4 is 30.0 Å². The van der Waals surface area contributed by atoms with Crippen molar-refractivity contribution in [2.45, 2.75) is 46.1 Å². The van der Waals surface area contributed by atoms with E-state index < -0.39 is 25.6 Å². The van der Waals surface area contributed by atoms with Gasteiger partial charge in [-0.2, -0.15) is 0 Å². The van der Waals surface area contributed by atoms with Crippen molar-refractivity contribution in [1.29, 1.82) is 0 Å². The summed E-state index contributed by atoms with van der Waals surface area (Å²) in [7, 11) is 0. The van der Waals surface area contributed by atoms with Crippen molar-refractivity contribution in [2.24, 2.45) is 0 Å². The van der Waals surface area contributed by atoms with Crippen LogP contribution in [0.1, 0.15) is 48.9 Å². The standard InChI is InChI=1S/2C13H13.C7H8Si.2ClH.Hf/c2*1-2-11-6-5-9-13(10-11)12-7-3-4-8-12;1-8-7-5-3-2-4-6-7;;;/h2*3,5-7,9-10H,2,4H2,1H3;2-6H,1H3;2*1H;/q;;;;;+2/p-2. The molecule has 0 aliphatic heterocycles. The number of aryl methyl sites for hydroxylation is 2. The fraction of sp³-hybridized carbons (Fsp3) is 0.212. The molecule has 0 nitrogen and oxygen atoms in total. The van der Waals surface area contributed by atoms with Gasteiger partial charge < -0.3 is 24.8 Å². The Balaban J connectivity index is 0.00000190. The van der Waals surface area contributed by atoms with Gasteiger partial charge in [0.15, 0.2) is 0 Å². The molecular formula is C33H34Cl2HfSi. The summed E-state index contributed by atoms with van der Waals surface area (Å²) in [4.78, 5) is 0. The van der Waals surface area contributed by atoms with Gasteiger partial charge in [0.05, 0.1) is 0 Å². The van der Waals surface area contributed by atoms with Crippen LogP contribution in [-0.4, -0.2) is 5.49 Å². The molecule has 0 saturated carbocycles. The van der Waals surface area contributed by atoms with Crippen LogP contribution in [-0.2, 0) is 32.9 Å². The summed E-state index contributed by atoms with van der Waals surface area (Å²) in [5, 5.41) is 1.61. The molecule has 3 aromatic carbocycles. The molecule has 0 atom stereocenters. The minimum atomic E-state index is -2.44. The van der Waals surface area contributed by atoms with E-state index in [0.717, 1.165) is 25.7 Å². The van der Waals surface area contributed by atoms with Crippen molar-refractivity contribution in [2.75, 3.05) is 0 Å². The summed E-state index contributed by atoms with van der Waals surface area (Å²) in [6.45, 7) is 7.14. The third kappa shape index (κ3) is 6.48. The molecule has 0 unspecified atom stereocenters. The molecule has 0 fully saturated rings. The van der Waals surface area contributed by atoms with Gasteiger partial charge in [-0.1, -0.05) is 0 Å². The van der Waals surface area contributed by atoms with Crippen molar-refractivity contribution in [3.8, 4) is 0 Å². The molecule has 0 saturated heterocycles. The minimum absolute atomic E-state index is 0. The zero-order valence-electron chi connectivity index (χ0n) is 21.9. The van der Waals surface area contributed by atoms with Crippen molar-refractivity contribution >= 4 is 21.8 Å². The van der Waals surface area contributed by atoms with E-state index in [-0.39, 0.29) is 24.8 Å². The summed E-state index contributed by atoms with van der Waals surface area (Å²) < 4.78 is 3.65. The van der Waals surface area contributed by atoms with E-state index in [1.54, 1.807) is 16.3 Å². The first-order valence-corrected chi connectivity index (χ1v) is 23.9. The number of benzene rings is 3. The molecule has 0 amide bonds. The van der Waals surface area contributed by atoms with Gasteiger partial charge in [-0.05, 0) is 0 Å². The van der Waals surface area contributed by atoms with E-state index in [4.69, 9.17) is 0 Å². The van der Waals surface area contributed by atoms with E-state index in [1.165, 1.54) is 22.3 Å². The van der Waals surface area contributed by atoms with Crippen molar-refractivity contribution < 1.29 is 44.9 Å². The predicted molar refractivity (Wildman–Crippen MR) is 151 cm³/mol. The molecule has 0 bridgehead atoms. The zero-order chi connectivity index (χ0) is 24.2. The van der Waals surface area contributed by atoms with Crippen LogP contribution in [0.3, 0.4) is 0 Å². The molecule has 2 aliphatic carbocycles. The minimum Gasteiger partial charge on any atom is -1.00 e. The maximum absolute atomic E-state index is 2.62. The van der Waals surface area contributed by atoms with E-state index in [9.17, 15) is 0 Å². The summed E-state index contributed by atoms with van der Waals surface area (Å²) in [5.41, 5.74) is 8.16. The molecule has 188 valence electrons. The van der Waals surface area contributed by atoms with Crippen LogP contribution in [0.4, 0.5) is 0 Å². The fourth-order valence-corrected chi connectivity index (χ4v) is 33.0. The first-order chi connectivity index (χ1) is 17.2. The molecule has 0 radical (unpaired) electrons. The largest absolute Gasteiger partial charge is 1.00 e. The van der Waals surface area contributed by atoms with E-state index in [0.29, 0.717) is 0 Å². The molecule has 0 N–H and O–H groups in total. The van der Waals surface area contributed by atoms with Gasteiger partial charge in [-0.3, -0.25) is 0 Å². The van der Waals surface area contributed by atoms with Crippen LogP contribution in [0.25, 0.3) is 11.1 Å². The number of halogens is 2. The monoisotopic (exact) mass is 708 g/mol. The summed E-state index contributed by atoms with van der Waals surface area (Å²) >= 11 is -2.44. The van der Waals surface area contributed by atoms with Crippen LogP contribution in [0.2, 0.25) is 6.55 Å². The van der Waals surface area contributed by atoms with E-state index in [1.807, 2.05) is 6.66 Å². The fourth-order valence-electron chi connectivity index (χ4n) is 5.41. The van der Waals surface area contributed by atoms with Gasteiger partial charge >= 0.3 is 220 Å². The Labute approximate surface area is 243 Å². The molecule has 37 heavy (non-hydrogen) atoms. The molecule has 4 heteroatoms.